The lowest BCUT2D eigenvalue weighted by molar-refractivity contribution is 0.788. The molecular weight excluding hydrogens is 302 g/mol. The Balaban J connectivity index is 2.38. The number of nitrogens with one attached hydrogen (secondary N) is 1. The zero-order valence-corrected chi connectivity index (χ0v) is 11.6. The third kappa shape index (κ3) is 3.03. The highest BCUT2D eigenvalue weighted by Gasteiger charge is 2.05. The summed E-state index contributed by atoms with van der Waals surface area (Å²) < 4.78 is 0.847. The van der Waals surface area contributed by atoms with Crippen molar-refractivity contribution in [3.63, 3.8) is 0 Å². The van der Waals surface area contributed by atoms with E-state index >= 15 is 0 Å². The lowest BCUT2D eigenvalue weighted by Crippen LogP contribution is -2.07. The SMILES string of the molecule is CNCc1ccnc(-c2ccc(Cl)c(Br)c2)n1. The van der Waals surface area contributed by atoms with Crippen molar-refractivity contribution >= 4 is 27.5 Å². The minimum absolute atomic E-state index is 0.681. The zero-order chi connectivity index (χ0) is 12.3. The first kappa shape index (κ1) is 12.5. The quantitative estimate of drug-likeness (QED) is 0.945. The summed E-state index contributed by atoms with van der Waals surface area (Å²) in [5.41, 5.74) is 1.91. The van der Waals surface area contributed by atoms with Crippen LogP contribution in [0.15, 0.2) is 34.9 Å². The summed E-state index contributed by atoms with van der Waals surface area (Å²) in [4.78, 5) is 8.73. The Labute approximate surface area is 113 Å². The van der Waals surface area contributed by atoms with Gasteiger partial charge >= 0.3 is 0 Å². The van der Waals surface area contributed by atoms with Crippen LogP contribution in [0.25, 0.3) is 11.4 Å². The van der Waals surface area contributed by atoms with Gasteiger partial charge in [-0.25, -0.2) is 9.97 Å². The van der Waals surface area contributed by atoms with Crippen LogP contribution in [0.3, 0.4) is 0 Å². The second kappa shape index (κ2) is 5.58. The zero-order valence-electron chi connectivity index (χ0n) is 9.24. The first-order valence-corrected chi connectivity index (χ1v) is 6.30. The van der Waals surface area contributed by atoms with Crippen LogP contribution < -0.4 is 5.32 Å². The van der Waals surface area contributed by atoms with Crippen LogP contribution in [0.1, 0.15) is 5.69 Å². The number of hydrogen-bond acceptors (Lipinski definition) is 3. The molecule has 0 radical (unpaired) electrons. The van der Waals surface area contributed by atoms with Crippen LogP contribution in [0.2, 0.25) is 5.02 Å². The van der Waals surface area contributed by atoms with Crippen molar-refractivity contribution in [2.24, 2.45) is 0 Å². The fourth-order valence-corrected chi connectivity index (χ4v) is 1.95. The molecule has 0 bridgehead atoms. The van der Waals surface area contributed by atoms with Gasteiger partial charge in [0.05, 0.1) is 10.7 Å². The molecule has 0 spiro atoms. The van der Waals surface area contributed by atoms with Crippen LogP contribution in [-0.4, -0.2) is 17.0 Å². The van der Waals surface area contributed by atoms with E-state index in [0.717, 1.165) is 22.3 Å². The molecule has 0 amide bonds. The molecule has 0 unspecified atom stereocenters. The third-order valence-electron chi connectivity index (χ3n) is 2.25. The predicted octanol–water partition coefficient (Wildman–Crippen LogP) is 3.28. The molecule has 3 nitrogen and oxygen atoms in total. The molecule has 2 aromatic rings. The second-order valence-electron chi connectivity index (χ2n) is 3.53. The molecule has 0 saturated carbocycles. The van der Waals surface area contributed by atoms with Gasteiger partial charge in [-0.1, -0.05) is 11.6 Å². The molecule has 0 atom stereocenters. The largest absolute Gasteiger partial charge is 0.314 e. The Morgan fingerprint density at radius 2 is 2.18 bits per heavy atom. The molecule has 1 aromatic carbocycles. The lowest BCUT2D eigenvalue weighted by atomic mass is 10.2. The number of benzene rings is 1. The van der Waals surface area contributed by atoms with Gasteiger partial charge in [-0.3, -0.25) is 0 Å². The summed E-state index contributed by atoms with van der Waals surface area (Å²) in [6.45, 7) is 0.726. The molecule has 88 valence electrons. The number of aromatic nitrogens is 2. The summed E-state index contributed by atoms with van der Waals surface area (Å²) in [7, 11) is 1.89. The molecule has 0 aliphatic heterocycles. The van der Waals surface area contributed by atoms with Gasteiger partial charge in [0.15, 0.2) is 5.82 Å². The maximum atomic E-state index is 5.95. The van der Waals surface area contributed by atoms with Gasteiger partial charge in [-0.05, 0) is 47.2 Å². The number of halogens is 2. The average molecular weight is 313 g/mol. The summed E-state index contributed by atoms with van der Waals surface area (Å²) >= 11 is 9.34. The maximum absolute atomic E-state index is 5.95. The molecule has 1 N–H and O–H groups in total. The van der Waals surface area contributed by atoms with Gasteiger partial charge < -0.3 is 5.32 Å². The van der Waals surface area contributed by atoms with Crippen molar-refractivity contribution < 1.29 is 0 Å². The average Bonchev–Trinajstić information content (AvgIpc) is 2.33. The summed E-state index contributed by atoms with van der Waals surface area (Å²) in [5, 5.41) is 3.74. The van der Waals surface area contributed by atoms with E-state index in [4.69, 9.17) is 11.6 Å². The number of rotatable bonds is 3. The minimum Gasteiger partial charge on any atom is -0.314 e. The maximum Gasteiger partial charge on any atom is 0.159 e. The van der Waals surface area contributed by atoms with Crippen molar-refractivity contribution in [3.8, 4) is 11.4 Å². The normalized spacial score (nSPS) is 10.5. The first-order valence-electron chi connectivity index (χ1n) is 5.12. The molecule has 0 fully saturated rings. The number of hydrogen-bond donors (Lipinski definition) is 1. The van der Waals surface area contributed by atoms with Gasteiger partial charge in [-0.15, -0.1) is 0 Å². The molecule has 5 heteroatoms. The van der Waals surface area contributed by atoms with Crippen molar-refractivity contribution in [2.45, 2.75) is 6.54 Å². The van der Waals surface area contributed by atoms with Crippen LogP contribution in [-0.2, 0) is 6.54 Å². The highest BCUT2D eigenvalue weighted by Crippen LogP contribution is 2.27. The summed E-state index contributed by atoms with van der Waals surface area (Å²) in [6, 6.07) is 7.55. The highest BCUT2D eigenvalue weighted by atomic mass is 79.9. The number of nitrogens with zero attached hydrogens (tertiary/aromatic N) is 2. The van der Waals surface area contributed by atoms with Crippen LogP contribution in [0.5, 0.6) is 0 Å². The summed E-state index contributed by atoms with van der Waals surface area (Å²) in [5.74, 6) is 0.704. The Hall–Kier alpha value is -0.970. The molecule has 1 heterocycles. The minimum atomic E-state index is 0.681. The standard InChI is InChI=1S/C12H11BrClN3/c1-15-7-9-4-5-16-12(17-9)8-2-3-11(14)10(13)6-8/h2-6,15H,7H2,1H3. The highest BCUT2D eigenvalue weighted by molar-refractivity contribution is 9.10. The topological polar surface area (TPSA) is 37.8 Å². The van der Waals surface area contributed by atoms with E-state index in [2.05, 4.69) is 31.2 Å². The van der Waals surface area contributed by atoms with E-state index in [1.165, 1.54) is 0 Å². The van der Waals surface area contributed by atoms with E-state index in [9.17, 15) is 0 Å². The van der Waals surface area contributed by atoms with Crippen LogP contribution in [0.4, 0.5) is 0 Å². The third-order valence-corrected chi connectivity index (χ3v) is 3.46. The molecule has 2 rings (SSSR count). The second-order valence-corrected chi connectivity index (χ2v) is 4.79. The van der Waals surface area contributed by atoms with Crippen molar-refractivity contribution in [2.75, 3.05) is 7.05 Å². The van der Waals surface area contributed by atoms with Gasteiger partial charge in [0.25, 0.3) is 0 Å². The predicted molar refractivity (Wildman–Crippen MR) is 72.9 cm³/mol. The molecule has 0 saturated heterocycles. The van der Waals surface area contributed by atoms with Gasteiger partial charge in [0.1, 0.15) is 0 Å². The van der Waals surface area contributed by atoms with Crippen molar-refractivity contribution in [3.05, 3.63) is 45.7 Å². The van der Waals surface area contributed by atoms with E-state index in [1.54, 1.807) is 6.20 Å². The smallest absolute Gasteiger partial charge is 0.159 e. The Bertz CT molecular complexity index is 531. The molecule has 1 aromatic heterocycles. The van der Waals surface area contributed by atoms with E-state index in [-0.39, 0.29) is 0 Å². The first-order chi connectivity index (χ1) is 8.20. The van der Waals surface area contributed by atoms with Crippen LogP contribution in [0, 0.1) is 0 Å². The Morgan fingerprint density at radius 1 is 1.35 bits per heavy atom. The van der Waals surface area contributed by atoms with E-state index in [0.29, 0.717) is 10.8 Å². The Morgan fingerprint density at radius 3 is 2.88 bits per heavy atom. The molecule has 0 aliphatic rings. The van der Waals surface area contributed by atoms with Gasteiger partial charge in [-0.2, -0.15) is 0 Å². The van der Waals surface area contributed by atoms with E-state index < -0.39 is 0 Å². The molecule has 0 aliphatic carbocycles. The fourth-order valence-electron chi connectivity index (χ4n) is 1.45. The summed E-state index contributed by atoms with van der Waals surface area (Å²) in [6.07, 6.45) is 1.76. The van der Waals surface area contributed by atoms with Gasteiger partial charge in [0, 0.05) is 22.8 Å². The Kier molecular flexibility index (Phi) is 4.10. The van der Waals surface area contributed by atoms with Gasteiger partial charge in [0.2, 0.25) is 0 Å². The van der Waals surface area contributed by atoms with Crippen LogP contribution >= 0.6 is 27.5 Å². The molecular formula is C12H11BrClN3. The van der Waals surface area contributed by atoms with Crippen molar-refractivity contribution in [1.82, 2.24) is 15.3 Å². The van der Waals surface area contributed by atoms with Crippen molar-refractivity contribution in [1.29, 1.82) is 0 Å². The van der Waals surface area contributed by atoms with E-state index in [1.807, 2.05) is 31.3 Å². The monoisotopic (exact) mass is 311 g/mol. The molecule has 17 heavy (non-hydrogen) atoms. The lowest BCUT2D eigenvalue weighted by Gasteiger charge is -2.04. The fraction of sp³-hybridized carbons (Fsp3) is 0.167.